The highest BCUT2D eigenvalue weighted by molar-refractivity contribution is 7.89. The molecule has 0 aliphatic carbocycles. The number of likely N-dealkylation sites (tertiary alicyclic amines) is 1. The van der Waals surface area contributed by atoms with Crippen molar-refractivity contribution in [2.75, 3.05) is 26.2 Å². The fourth-order valence-electron chi connectivity index (χ4n) is 5.79. The van der Waals surface area contributed by atoms with E-state index in [4.69, 9.17) is 0 Å². The van der Waals surface area contributed by atoms with Crippen LogP contribution in [0.25, 0.3) is 33.3 Å². The van der Waals surface area contributed by atoms with E-state index in [0.717, 1.165) is 32.0 Å². The molecule has 0 amide bonds. The summed E-state index contributed by atoms with van der Waals surface area (Å²) in [4.78, 5) is 17.5. The Labute approximate surface area is 253 Å². The number of rotatable bonds is 10. The predicted molar refractivity (Wildman–Crippen MR) is 163 cm³/mol. The molecule has 6 rings (SSSR count). The normalized spacial score (nSPS) is 14.8. The first kappa shape index (κ1) is 29.8. The molecule has 5 aromatic rings. The second kappa shape index (κ2) is 12.4. The minimum atomic E-state index is -3.85. The summed E-state index contributed by atoms with van der Waals surface area (Å²) in [6.07, 6.45) is 3.58. The third-order valence-corrected chi connectivity index (χ3v) is 9.57. The summed E-state index contributed by atoms with van der Waals surface area (Å²) in [6.45, 7) is 4.44. The van der Waals surface area contributed by atoms with Gasteiger partial charge in [0, 0.05) is 48.6 Å². The molecule has 1 saturated heterocycles. The predicted octanol–water partition coefficient (Wildman–Crippen LogP) is 5.26. The monoisotopic (exact) mass is 618 g/mol. The summed E-state index contributed by atoms with van der Waals surface area (Å²) in [7, 11) is -3.85. The van der Waals surface area contributed by atoms with E-state index in [1.54, 1.807) is 41.2 Å². The first-order valence-corrected chi connectivity index (χ1v) is 16.0. The quantitative estimate of drug-likeness (QED) is 0.207. The number of nitrogens with zero attached hydrogens (tertiary/aromatic N) is 4. The summed E-state index contributed by atoms with van der Waals surface area (Å²) in [6, 6.07) is 17.3. The Bertz CT molecular complexity index is 1920. The molecule has 44 heavy (non-hydrogen) atoms. The summed E-state index contributed by atoms with van der Waals surface area (Å²) < 4.78 is 58.7. The van der Waals surface area contributed by atoms with Crippen LogP contribution < -0.4 is 4.72 Å². The van der Waals surface area contributed by atoms with Crippen LogP contribution in [-0.2, 0) is 16.6 Å². The Morgan fingerprint density at radius 3 is 2.55 bits per heavy atom. The van der Waals surface area contributed by atoms with E-state index in [-0.39, 0.29) is 17.2 Å². The third kappa shape index (κ3) is 6.33. The summed E-state index contributed by atoms with van der Waals surface area (Å²) >= 11 is 0. The van der Waals surface area contributed by atoms with E-state index in [0.29, 0.717) is 58.0 Å². The Morgan fingerprint density at radius 1 is 1.05 bits per heavy atom. The van der Waals surface area contributed by atoms with Crippen molar-refractivity contribution in [3.8, 4) is 22.4 Å². The highest BCUT2D eigenvalue weighted by Crippen LogP contribution is 2.32. The number of sulfonamides is 1. The molecule has 228 valence electrons. The molecule has 1 aliphatic rings. The maximum Gasteiger partial charge on any atom is 0.240 e. The maximum absolute atomic E-state index is 14.7. The topological polar surface area (TPSA) is 113 Å². The first-order valence-electron chi connectivity index (χ1n) is 14.5. The number of aromatic nitrogens is 4. The van der Waals surface area contributed by atoms with Crippen LogP contribution in [0.1, 0.15) is 30.3 Å². The summed E-state index contributed by atoms with van der Waals surface area (Å²) in [5.41, 5.74) is 3.11. The van der Waals surface area contributed by atoms with Gasteiger partial charge in [-0.15, -0.1) is 5.10 Å². The fourth-order valence-corrected chi connectivity index (χ4v) is 6.82. The van der Waals surface area contributed by atoms with Crippen molar-refractivity contribution in [1.82, 2.24) is 29.6 Å². The van der Waals surface area contributed by atoms with E-state index in [2.05, 4.69) is 24.9 Å². The molecule has 0 atom stereocenters. The number of benzene rings is 3. The average molecular weight is 619 g/mol. The zero-order valence-electron chi connectivity index (χ0n) is 24.1. The van der Waals surface area contributed by atoms with Gasteiger partial charge in [0.25, 0.3) is 0 Å². The minimum absolute atomic E-state index is 0.103. The van der Waals surface area contributed by atoms with E-state index >= 15 is 0 Å². The van der Waals surface area contributed by atoms with Crippen molar-refractivity contribution in [2.24, 2.45) is 5.92 Å². The number of aromatic amines is 1. The second-order valence-electron chi connectivity index (χ2n) is 11.1. The van der Waals surface area contributed by atoms with Gasteiger partial charge >= 0.3 is 0 Å². The van der Waals surface area contributed by atoms with Crippen LogP contribution in [0.15, 0.2) is 77.8 Å². The fraction of sp³-hybridized carbons (Fsp3) is 0.281. The molecule has 0 saturated carbocycles. The molecule has 9 nitrogen and oxygen atoms in total. The van der Waals surface area contributed by atoms with Gasteiger partial charge in [0.1, 0.15) is 17.3 Å². The number of H-pyrrole nitrogens is 1. The number of carbonyl (C=O) groups excluding carboxylic acids is 1. The largest absolute Gasteiger partial charge is 0.352 e. The standard InChI is InChI=1S/C32H32F2N6O3S/c1-21(41)32-31(27-17-24(33)7-10-29(27)36-32)30-20-40(38-37-30)19-22-11-14-39(15-12-22)16-13-35-44(42,43)25-8-9-26(28(34)18-25)23-5-3-2-4-6-23/h2-10,17-18,20,22,35-36H,11-16,19H2,1H3. The number of Topliss-reactive ketones (excluding diaryl/α,β-unsaturated/α-hetero) is 1. The van der Waals surface area contributed by atoms with Gasteiger partial charge in [0.2, 0.25) is 10.0 Å². The van der Waals surface area contributed by atoms with Gasteiger partial charge < -0.3 is 9.88 Å². The van der Waals surface area contributed by atoms with Crippen LogP contribution in [0.4, 0.5) is 8.78 Å². The molecule has 0 unspecified atom stereocenters. The minimum Gasteiger partial charge on any atom is -0.352 e. The average Bonchev–Trinajstić information content (AvgIpc) is 3.62. The van der Waals surface area contributed by atoms with Gasteiger partial charge in [-0.1, -0.05) is 41.6 Å². The molecule has 3 aromatic carbocycles. The van der Waals surface area contributed by atoms with Gasteiger partial charge in [-0.05, 0) is 67.7 Å². The van der Waals surface area contributed by atoms with Crippen LogP contribution in [0.2, 0.25) is 0 Å². The van der Waals surface area contributed by atoms with Crippen LogP contribution in [-0.4, -0.2) is 65.3 Å². The van der Waals surface area contributed by atoms with Crippen molar-refractivity contribution in [3.63, 3.8) is 0 Å². The SMILES string of the molecule is CC(=O)c1[nH]c2ccc(F)cc2c1-c1cn(CC2CCN(CCNS(=O)(=O)c3ccc(-c4ccccc4)c(F)c3)CC2)nn1. The smallest absolute Gasteiger partial charge is 0.240 e. The number of piperidine rings is 1. The Hall–Kier alpha value is -4.26. The van der Waals surface area contributed by atoms with Crippen LogP contribution in [0, 0.1) is 17.6 Å². The van der Waals surface area contributed by atoms with E-state index in [1.807, 2.05) is 6.07 Å². The molecule has 1 aliphatic heterocycles. The zero-order chi connectivity index (χ0) is 30.8. The Kier molecular flexibility index (Phi) is 8.39. The number of fused-ring (bicyclic) bond motifs is 1. The summed E-state index contributed by atoms with van der Waals surface area (Å²) in [5, 5.41) is 9.16. The van der Waals surface area contributed by atoms with Gasteiger partial charge in [-0.3, -0.25) is 9.48 Å². The van der Waals surface area contributed by atoms with Crippen molar-refractivity contribution in [3.05, 3.63) is 90.3 Å². The lowest BCUT2D eigenvalue weighted by atomic mass is 9.97. The molecule has 12 heteroatoms. The van der Waals surface area contributed by atoms with Crippen LogP contribution in [0.5, 0.6) is 0 Å². The number of ketones is 1. The lowest BCUT2D eigenvalue weighted by Crippen LogP contribution is -2.40. The van der Waals surface area contributed by atoms with Gasteiger partial charge in [-0.2, -0.15) is 0 Å². The molecule has 2 aromatic heterocycles. The van der Waals surface area contributed by atoms with Crippen LogP contribution >= 0.6 is 0 Å². The van der Waals surface area contributed by atoms with E-state index in [1.165, 1.54) is 31.2 Å². The maximum atomic E-state index is 14.7. The number of nitrogens with one attached hydrogen (secondary N) is 2. The third-order valence-electron chi connectivity index (χ3n) is 8.12. The molecule has 3 heterocycles. The molecule has 1 fully saturated rings. The lowest BCUT2D eigenvalue weighted by Gasteiger charge is -2.31. The van der Waals surface area contributed by atoms with Gasteiger partial charge in [0.05, 0.1) is 16.8 Å². The van der Waals surface area contributed by atoms with Crippen molar-refractivity contribution in [2.45, 2.75) is 31.2 Å². The summed E-state index contributed by atoms with van der Waals surface area (Å²) in [5.74, 6) is -0.813. The second-order valence-corrected chi connectivity index (χ2v) is 12.9. The number of hydrogen-bond acceptors (Lipinski definition) is 6. The Morgan fingerprint density at radius 2 is 1.82 bits per heavy atom. The zero-order valence-corrected chi connectivity index (χ0v) is 24.9. The molecular weight excluding hydrogens is 586 g/mol. The highest BCUT2D eigenvalue weighted by Gasteiger charge is 2.23. The number of halogens is 2. The lowest BCUT2D eigenvalue weighted by molar-refractivity contribution is 0.101. The molecule has 0 radical (unpaired) electrons. The van der Waals surface area contributed by atoms with Crippen molar-refractivity contribution in [1.29, 1.82) is 0 Å². The van der Waals surface area contributed by atoms with Gasteiger partial charge in [-0.25, -0.2) is 21.9 Å². The van der Waals surface area contributed by atoms with Crippen molar-refractivity contribution < 1.29 is 22.0 Å². The number of carbonyl (C=O) groups is 1. The molecule has 0 bridgehead atoms. The Balaban J connectivity index is 1.01. The molecule has 0 spiro atoms. The van der Waals surface area contributed by atoms with Gasteiger partial charge in [0.15, 0.2) is 5.78 Å². The number of hydrogen-bond donors (Lipinski definition) is 2. The molecular formula is C32H32F2N6O3S. The van der Waals surface area contributed by atoms with Crippen molar-refractivity contribution >= 4 is 26.7 Å². The first-order chi connectivity index (χ1) is 21.2. The highest BCUT2D eigenvalue weighted by atomic mass is 32.2. The van der Waals surface area contributed by atoms with E-state index in [9.17, 15) is 22.0 Å². The van der Waals surface area contributed by atoms with E-state index < -0.39 is 21.7 Å². The molecule has 2 N–H and O–H groups in total. The van der Waals surface area contributed by atoms with Crippen LogP contribution in [0.3, 0.4) is 0 Å².